The van der Waals surface area contributed by atoms with E-state index in [-0.39, 0.29) is 0 Å². The molecule has 1 heterocycles. The zero-order chi connectivity index (χ0) is 5.11. The number of nitrogens with one attached hydrogen (secondary N) is 1. The van der Waals surface area contributed by atoms with Crippen molar-refractivity contribution in [2.75, 3.05) is 6.54 Å². The molecule has 7 heavy (non-hydrogen) atoms. The predicted octanol–water partition coefficient (Wildman–Crippen LogP) is 0.924. The summed E-state index contributed by atoms with van der Waals surface area (Å²) in [4.78, 5) is 0. The minimum Gasteiger partial charge on any atom is -0.307 e. The summed E-state index contributed by atoms with van der Waals surface area (Å²) in [5.74, 6) is 0. The molecule has 0 aromatic heterocycles. The molecule has 0 amide bonds. The second kappa shape index (κ2) is 2.12. The lowest BCUT2D eigenvalue weighted by molar-refractivity contribution is 1.15. The molecule has 0 aromatic rings. The van der Waals surface area contributed by atoms with E-state index >= 15 is 0 Å². The lowest BCUT2D eigenvalue weighted by Crippen LogP contribution is -1.79. The standard InChI is InChI=1S/C6H11N/c1-2-3-4-6-5-7-6/h3-4,6-7H,2,5H2,1H3/b4-3-. The van der Waals surface area contributed by atoms with Crippen LogP contribution < -0.4 is 5.32 Å². The van der Waals surface area contributed by atoms with Gasteiger partial charge in [-0.25, -0.2) is 0 Å². The second-order valence-corrected chi connectivity index (χ2v) is 1.85. The van der Waals surface area contributed by atoms with Crippen LogP contribution >= 0.6 is 0 Å². The molecule has 1 aliphatic heterocycles. The van der Waals surface area contributed by atoms with E-state index in [9.17, 15) is 0 Å². The largest absolute Gasteiger partial charge is 0.307 e. The average Bonchev–Trinajstić information content (AvgIpc) is 2.42. The van der Waals surface area contributed by atoms with E-state index in [0.717, 1.165) is 12.5 Å². The third kappa shape index (κ3) is 1.74. The summed E-state index contributed by atoms with van der Waals surface area (Å²) < 4.78 is 0. The highest BCUT2D eigenvalue weighted by Gasteiger charge is 2.14. The van der Waals surface area contributed by atoms with Gasteiger partial charge in [0.05, 0.1) is 0 Å². The fourth-order valence-electron chi connectivity index (χ4n) is 0.504. The van der Waals surface area contributed by atoms with E-state index in [1.54, 1.807) is 0 Å². The minimum atomic E-state index is 0.722. The molecule has 40 valence electrons. The van der Waals surface area contributed by atoms with Crippen LogP contribution in [0.4, 0.5) is 0 Å². The van der Waals surface area contributed by atoms with Crippen molar-refractivity contribution in [1.82, 2.24) is 5.32 Å². The highest BCUT2D eigenvalue weighted by atomic mass is 15.1. The lowest BCUT2D eigenvalue weighted by Gasteiger charge is -1.74. The highest BCUT2D eigenvalue weighted by Crippen LogP contribution is 1.97. The Labute approximate surface area is 44.4 Å². The van der Waals surface area contributed by atoms with E-state index in [4.69, 9.17) is 0 Å². The van der Waals surface area contributed by atoms with Crippen LogP contribution in [0.3, 0.4) is 0 Å². The van der Waals surface area contributed by atoms with Crippen molar-refractivity contribution >= 4 is 0 Å². The van der Waals surface area contributed by atoms with Crippen molar-refractivity contribution in [2.45, 2.75) is 19.4 Å². The van der Waals surface area contributed by atoms with E-state index in [1.807, 2.05) is 0 Å². The Morgan fingerprint density at radius 1 is 1.86 bits per heavy atom. The maximum Gasteiger partial charge on any atom is 0.0376 e. The molecular weight excluding hydrogens is 86.1 g/mol. The zero-order valence-electron chi connectivity index (χ0n) is 4.65. The summed E-state index contributed by atoms with van der Waals surface area (Å²) in [6, 6.07) is 0.722. The van der Waals surface area contributed by atoms with Crippen molar-refractivity contribution in [3.05, 3.63) is 12.2 Å². The van der Waals surface area contributed by atoms with Gasteiger partial charge in [0.2, 0.25) is 0 Å². The molecule has 1 fully saturated rings. The van der Waals surface area contributed by atoms with Gasteiger partial charge in [0.1, 0.15) is 0 Å². The molecular formula is C6H11N. The molecule has 1 rings (SSSR count). The van der Waals surface area contributed by atoms with Gasteiger partial charge in [0.15, 0.2) is 0 Å². The van der Waals surface area contributed by atoms with Gasteiger partial charge in [-0.15, -0.1) is 0 Å². The maximum absolute atomic E-state index is 3.18. The maximum atomic E-state index is 3.18. The summed E-state index contributed by atoms with van der Waals surface area (Å²) in [6.45, 7) is 3.34. The molecule has 1 nitrogen and oxygen atoms in total. The van der Waals surface area contributed by atoms with Gasteiger partial charge in [-0.3, -0.25) is 0 Å². The van der Waals surface area contributed by atoms with Crippen LogP contribution in [0.25, 0.3) is 0 Å². The van der Waals surface area contributed by atoms with Crippen molar-refractivity contribution in [3.8, 4) is 0 Å². The van der Waals surface area contributed by atoms with Gasteiger partial charge in [0, 0.05) is 12.6 Å². The first-order chi connectivity index (χ1) is 3.43. The first-order valence-electron chi connectivity index (χ1n) is 2.83. The van der Waals surface area contributed by atoms with Crippen LogP contribution in [-0.2, 0) is 0 Å². The number of allylic oxidation sites excluding steroid dienone is 1. The second-order valence-electron chi connectivity index (χ2n) is 1.85. The van der Waals surface area contributed by atoms with Crippen LogP contribution in [-0.4, -0.2) is 12.6 Å². The van der Waals surface area contributed by atoms with Crippen LogP contribution in [0, 0.1) is 0 Å². The summed E-state index contributed by atoms with van der Waals surface area (Å²) in [6.07, 6.45) is 5.59. The van der Waals surface area contributed by atoms with Crippen molar-refractivity contribution in [1.29, 1.82) is 0 Å². The van der Waals surface area contributed by atoms with Crippen molar-refractivity contribution in [2.24, 2.45) is 0 Å². The summed E-state index contributed by atoms with van der Waals surface area (Å²) in [5.41, 5.74) is 0. The van der Waals surface area contributed by atoms with E-state index in [0.29, 0.717) is 0 Å². The van der Waals surface area contributed by atoms with E-state index < -0.39 is 0 Å². The fourth-order valence-corrected chi connectivity index (χ4v) is 0.504. The normalized spacial score (nSPS) is 29.0. The molecule has 0 radical (unpaired) electrons. The van der Waals surface area contributed by atoms with Gasteiger partial charge < -0.3 is 5.32 Å². The molecule has 1 atom stereocenters. The molecule has 0 saturated carbocycles. The number of hydrogen-bond acceptors (Lipinski definition) is 1. The molecule has 0 aromatic carbocycles. The SMILES string of the molecule is CC/C=C\C1CN1. The molecule has 1 heteroatoms. The quantitative estimate of drug-likeness (QED) is 0.401. The van der Waals surface area contributed by atoms with Crippen LogP contribution in [0.1, 0.15) is 13.3 Å². The van der Waals surface area contributed by atoms with Gasteiger partial charge in [0.25, 0.3) is 0 Å². The summed E-state index contributed by atoms with van der Waals surface area (Å²) >= 11 is 0. The molecule has 1 unspecified atom stereocenters. The Morgan fingerprint density at radius 3 is 3.00 bits per heavy atom. The average molecular weight is 97.2 g/mol. The Kier molecular flexibility index (Phi) is 1.47. The third-order valence-electron chi connectivity index (χ3n) is 1.04. The van der Waals surface area contributed by atoms with Gasteiger partial charge in [-0.05, 0) is 6.42 Å². The smallest absolute Gasteiger partial charge is 0.0376 e. The Balaban J connectivity index is 2.05. The van der Waals surface area contributed by atoms with Crippen LogP contribution in [0.5, 0.6) is 0 Å². The fraction of sp³-hybridized carbons (Fsp3) is 0.667. The third-order valence-corrected chi connectivity index (χ3v) is 1.04. The van der Waals surface area contributed by atoms with Crippen molar-refractivity contribution in [3.63, 3.8) is 0 Å². The van der Waals surface area contributed by atoms with Gasteiger partial charge in [-0.2, -0.15) is 0 Å². The monoisotopic (exact) mass is 97.1 g/mol. The number of hydrogen-bond donors (Lipinski definition) is 1. The molecule has 1 aliphatic rings. The summed E-state index contributed by atoms with van der Waals surface area (Å²) in [7, 11) is 0. The van der Waals surface area contributed by atoms with Gasteiger partial charge >= 0.3 is 0 Å². The van der Waals surface area contributed by atoms with E-state index in [1.165, 1.54) is 6.54 Å². The van der Waals surface area contributed by atoms with Crippen LogP contribution in [0.15, 0.2) is 12.2 Å². The Morgan fingerprint density at radius 2 is 2.57 bits per heavy atom. The van der Waals surface area contributed by atoms with E-state index in [2.05, 4.69) is 24.4 Å². The Bertz CT molecular complexity index is 72.2. The molecule has 0 bridgehead atoms. The zero-order valence-corrected chi connectivity index (χ0v) is 4.65. The molecule has 1 saturated heterocycles. The summed E-state index contributed by atoms with van der Waals surface area (Å²) in [5, 5.41) is 3.18. The lowest BCUT2D eigenvalue weighted by atomic mass is 10.3. The molecule has 0 aliphatic carbocycles. The van der Waals surface area contributed by atoms with Crippen molar-refractivity contribution < 1.29 is 0 Å². The first kappa shape index (κ1) is 4.85. The van der Waals surface area contributed by atoms with Gasteiger partial charge in [-0.1, -0.05) is 19.1 Å². The molecule has 0 spiro atoms. The topological polar surface area (TPSA) is 21.9 Å². The number of rotatable bonds is 2. The predicted molar refractivity (Wildman–Crippen MR) is 31.2 cm³/mol. The molecule has 1 N–H and O–H groups in total. The first-order valence-corrected chi connectivity index (χ1v) is 2.83. The van der Waals surface area contributed by atoms with Crippen LogP contribution in [0.2, 0.25) is 0 Å². The minimum absolute atomic E-state index is 0.722. The highest BCUT2D eigenvalue weighted by molar-refractivity contribution is 5.02. The Hall–Kier alpha value is -0.300.